The third kappa shape index (κ3) is 5.53. The first-order valence-electron chi connectivity index (χ1n) is 16.5. The number of rotatable bonds is 6. The Hall–Kier alpha value is -4.72. The first-order valence-corrected chi connectivity index (χ1v) is 16.5. The van der Waals surface area contributed by atoms with Crippen LogP contribution in [0.1, 0.15) is 91.5 Å². The van der Waals surface area contributed by atoms with Gasteiger partial charge >= 0.3 is 0 Å². The van der Waals surface area contributed by atoms with Crippen LogP contribution in [0.3, 0.4) is 0 Å². The van der Waals surface area contributed by atoms with Gasteiger partial charge in [-0.3, -0.25) is 21.7 Å². The van der Waals surface area contributed by atoms with Crippen molar-refractivity contribution in [2.45, 2.75) is 86.5 Å². The van der Waals surface area contributed by atoms with Crippen LogP contribution in [0.2, 0.25) is 0 Å². The smallest absolute Gasteiger partial charge is 0.146 e. The number of phenols is 2. The molecular formula is C39H50N6O2. The van der Waals surface area contributed by atoms with Crippen LogP contribution in [0.15, 0.2) is 72.8 Å². The fraction of sp³-hybridized carbons (Fsp3) is 0.385. The van der Waals surface area contributed by atoms with Crippen molar-refractivity contribution >= 4 is 34.1 Å². The molecule has 0 spiro atoms. The van der Waals surface area contributed by atoms with E-state index in [1.165, 1.54) is 0 Å². The number of nitrogens with zero attached hydrogens (tertiary/aromatic N) is 2. The number of fused-ring (bicyclic) bond motifs is 2. The number of hydrogen-bond donors (Lipinski definition) is 6. The zero-order valence-corrected chi connectivity index (χ0v) is 29.4. The molecule has 248 valence electrons. The highest BCUT2D eigenvalue weighted by atomic mass is 16.3. The second-order valence-corrected chi connectivity index (χ2v) is 16.1. The fourth-order valence-corrected chi connectivity index (χ4v) is 5.89. The molecule has 0 amide bonds. The molecule has 0 bridgehead atoms. The molecule has 0 unspecified atom stereocenters. The number of phenolic OH excluding ortho intramolecular Hbond substituents is 2. The molecule has 0 fully saturated rings. The van der Waals surface area contributed by atoms with Gasteiger partial charge in [0.15, 0.2) is 0 Å². The summed E-state index contributed by atoms with van der Waals surface area (Å²) in [4.78, 5) is 0. The molecule has 6 N–H and O–H groups in total. The molecule has 2 heterocycles. The number of nitrogens with one attached hydrogen (secondary N) is 4. The molecule has 4 aromatic rings. The lowest BCUT2D eigenvalue weighted by molar-refractivity contribution is 0.225. The Morgan fingerprint density at radius 1 is 0.489 bits per heavy atom. The van der Waals surface area contributed by atoms with Gasteiger partial charge in [-0.1, -0.05) is 106 Å². The van der Waals surface area contributed by atoms with Crippen molar-refractivity contribution in [1.82, 2.24) is 0 Å². The molecule has 0 atom stereocenters. The topological polar surface area (TPSA) is 95.1 Å². The Morgan fingerprint density at radius 3 is 1.06 bits per heavy atom. The van der Waals surface area contributed by atoms with Gasteiger partial charge in [0, 0.05) is 17.5 Å². The first-order chi connectivity index (χ1) is 21.9. The van der Waals surface area contributed by atoms with Crippen LogP contribution in [0, 0.1) is 10.8 Å². The summed E-state index contributed by atoms with van der Waals surface area (Å²) in [6.45, 7) is 22.4. The minimum absolute atomic E-state index is 0.0681. The molecule has 0 saturated heterocycles. The van der Waals surface area contributed by atoms with Crippen molar-refractivity contribution < 1.29 is 10.2 Å². The minimum Gasteiger partial charge on any atom is -0.505 e. The molecule has 2 aliphatic heterocycles. The van der Waals surface area contributed by atoms with Gasteiger partial charge in [0.05, 0.1) is 22.7 Å². The maximum atomic E-state index is 12.0. The largest absolute Gasteiger partial charge is 0.505 e. The van der Waals surface area contributed by atoms with Gasteiger partial charge in [0.1, 0.15) is 22.9 Å². The van der Waals surface area contributed by atoms with Crippen molar-refractivity contribution in [2.75, 3.05) is 31.9 Å². The summed E-state index contributed by atoms with van der Waals surface area (Å²) in [6, 6.07) is 24.3. The van der Waals surface area contributed by atoms with Crippen molar-refractivity contribution in [3.63, 3.8) is 0 Å². The van der Waals surface area contributed by atoms with Gasteiger partial charge in [0.25, 0.3) is 0 Å². The molecule has 0 saturated carbocycles. The predicted molar refractivity (Wildman–Crippen MR) is 196 cm³/mol. The highest BCUT2D eigenvalue weighted by Crippen LogP contribution is 2.49. The summed E-state index contributed by atoms with van der Waals surface area (Å²) in [5.74, 6) is 0.301. The molecule has 0 radical (unpaired) electrons. The Kier molecular flexibility index (Phi) is 7.50. The van der Waals surface area contributed by atoms with Gasteiger partial charge in [-0.15, -0.1) is 0 Å². The lowest BCUT2D eigenvalue weighted by Crippen LogP contribution is -2.35. The number of hydrazine groups is 4. The SMILES string of the molecule is CC(C)(C)C(C)(C)c1cc(Cc2cc(C(C)(C)C(C)(C)C)cc(N3Nc4ccccc4N3)c2O)c(O)c(N2Nc3ccccc3N2)c1. The van der Waals surface area contributed by atoms with E-state index in [2.05, 4.69) is 115 Å². The van der Waals surface area contributed by atoms with E-state index in [0.717, 1.165) is 45.0 Å². The van der Waals surface area contributed by atoms with Gasteiger partial charge in [-0.2, -0.15) is 10.2 Å². The van der Waals surface area contributed by atoms with Crippen LogP contribution >= 0.6 is 0 Å². The van der Waals surface area contributed by atoms with Crippen molar-refractivity contribution in [1.29, 1.82) is 0 Å². The normalized spacial score (nSPS) is 14.6. The highest BCUT2D eigenvalue weighted by molar-refractivity contribution is 5.83. The zero-order valence-electron chi connectivity index (χ0n) is 29.4. The monoisotopic (exact) mass is 634 g/mol. The van der Waals surface area contributed by atoms with E-state index in [0.29, 0.717) is 17.8 Å². The van der Waals surface area contributed by atoms with Gasteiger partial charge in [0.2, 0.25) is 0 Å². The molecule has 0 aromatic heterocycles. The quantitative estimate of drug-likeness (QED) is 0.125. The van der Waals surface area contributed by atoms with Crippen LogP contribution in [0.4, 0.5) is 34.1 Å². The molecule has 0 aliphatic carbocycles. The van der Waals surface area contributed by atoms with E-state index in [-0.39, 0.29) is 33.2 Å². The van der Waals surface area contributed by atoms with E-state index in [9.17, 15) is 10.2 Å². The predicted octanol–water partition coefficient (Wildman–Crippen LogP) is 9.68. The minimum atomic E-state index is -0.241. The summed E-state index contributed by atoms with van der Waals surface area (Å²) < 4.78 is 0. The lowest BCUT2D eigenvalue weighted by atomic mass is 9.64. The van der Waals surface area contributed by atoms with Crippen molar-refractivity contribution in [2.24, 2.45) is 10.8 Å². The Morgan fingerprint density at radius 2 is 0.787 bits per heavy atom. The van der Waals surface area contributed by atoms with Crippen LogP contribution < -0.4 is 31.9 Å². The molecule has 2 aliphatic rings. The van der Waals surface area contributed by atoms with Crippen LogP contribution in [0.5, 0.6) is 11.5 Å². The average Bonchev–Trinajstić information content (AvgIpc) is 3.62. The summed E-state index contributed by atoms with van der Waals surface area (Å²) in [6.07, 6.45) is 0.321. The van der Waals surface area contributed by atoms with Gasteiger partial charge in [-0.25, -0.2) is 0 Å². The molecule has 6 rings (SSSR count). The van der Waals surface area contributed by atoms with Crippen molar-refractivity contribution in [3.05, 3.63) is 95.1 Å². The van der Waals surface area contributed by atoms with Crippen LogP contribution in [-0.4, -0.2) is 10.2 Å². The zero-order chi connectivity index (χ0) is 34.1. The maximum absolute atomic E-state index is 12.0. The van der Waals surface area contributed by atoms with E-state index in [1.807, 2.05) is 48.5 Å². The molecule has 4 aromatic carbocycles. The fourth-order valence-electron chi connectivity index (χ4n) is 5.89. The Labute approximate surface area is 279 Å². The molecule has 8 heteroatoms. The van der Waals surface area contributed by atoms with E-state index in [4.69, 9.17) is 0 Å². The standard InChI is InChI=1S/C39H50N6O2/c1-36(2,3)38(7,8)26-20-24(34(46)32(22-26)44-40-28-15-11-12-16-29(28)41-44)19-25-21-27(39(9,10)37(4,5)6)23-33(35(25)47)45-42-30-17-13-14-18-31(30)43-45/h11-18,20-23,40-43,46-47H,19H2,1-10H3. The molecule has 8 nitrogen and oxygen atoms in total. The summed E-state index contributed by atoms with van der Waals surface area (Å²) >= 11 is 0. The lowest BCUT2D eigenvalue weighted by Gasteiger charge is -2.40. The second-order valence-electron chi connectivity index (χ2n) is 16.1. The Bertz CT molecular complexity index is 1650. The summed E-state index contributed by atoms with van der Waals surface area (Å²) in [5.41, 5.74) is 21.6. The number of para-hydroxylation sites is 4. The maximum Gasteiger partial charge on any atom is 0.146 e. The highest BCUT2D eigenvalue weighted by Gasteiger charge is 2.38. The Balaban J connectivity index is 1.49. The number of benzene rings is 4. The number of anilines is 6. The summed E-state index contributed by atoms with van der Waals surface area (Å²) in [7, 11) is 0. The van der Waals surface area contributed by atoms with Gasteiger partial charge < -0.3 is 10.2 Å². The summed E-state index contributed by atoms with van der Waals surface area (Å²) in [5, 5.41) is 27.6. The third-order valence-corrected chi connectivity index (χ3v) is 11.2. The van der Waals surface area contributed by atoms with E-state index >= 15 is 0 Å². The van der Waals surface area contributed by atoms with E-state index < -0.39 is 0 Å². The third-order valence-electron chi connectivity index (χ3n) is 11.2. The number of hydrogen-bond acceptors (Lipinski definition) is 8. The van der Waals surface area contributed by atoms with Crippen LogP contribution in [0.25, 0.3) is 0 Å². The van der Waals surface area contributed by atoms with E-state index in [1.54, 1.807) is 10.2 Å². The van der Waals surface area contributed by atoms with Gasteiger partial charge in [-0.05, 0) is 69.2 Å². The number of aromatic hydroxyl groups is 2. The first kappa shape index (κ1) is 32.2. The molecular weight excluding hydrogens is 584 g/mol. The van der Waals surface area contributed by atoms with Crippen LogP contribution in [-0.2, 0) is 17.3 Å². The molecule has 47 heavy (non-hydrogen) atoms. The second kappa shape index (κ2) is 10.9. The average molecular weight is 635 g/mol. The van der Waals surface area contributed by atoms with Crippen molar-refractivity contribution in [3.8, 4) is 11.5 Å².